The Kier molecular flexibility index (Phi) is 11.0. The van der Waals surface area contributed by atoms with E-state index in [0.29, 0.717) is 0 Å². The Balaban J connectivity index is 0.000000166. The first kappa shape index (κ1) is 27.7. The topological polar surface area (TPSA) is 0 Å². The number of halogens is 1. The van der Waals surface area contributed by atoms with Crippen molar-refractivity contribution < 1.29 is 21.6 Å². The number of fused-ring (bicyclic) bond motifs is 2. The first-order valence-corrected chi connectivity index (χ1v) is 23.3. The Hall–Kier alpha value is -1.92. The van der Waals surface area contributed by atoms with Crippen molar-refractivity contribution in [3.63, 3.8) is 0 Å². The molecule has 0 saturated carbocycles. The Bertz CT molecular complexity index is 1330. The van der Waals surface area contributed by atoms with Crippen LogP contribution in [0.5, 0.6) is 0 Å². The summed E-state index contributed by atoms with van der Waals surface area (Å²) in [6.45, 7) is 0. The van der Waals surface area contributed by atoms with Crippen LogP contribution in [0.25, 0.3) is 32.7 Å². The van der Waals surface area contributed by atoms with Crippen molar-refractivity contribution in [2.75, 3.05) is 0 Å². The van der Waals surface area contributed by atoms with Crippen molar-refractivity contribution in [3.8, 4) is 0 Å². The molecule has 0 spiro atoms. The SMILES string of the molecule is Cl.[C-]1=C(c2ccc3ccccc3c2)C=CC1.[C-]1=C(c2ccc3ccccc3c2)C=CC1.[CH3][Ge]([CH3])=[Zr+2]. The van der Waals surface area contributed by atoms with E-state index in [1.165, 1.54) is 43.8 Å². The summed E-state index contributed by atoms with van der Waals surface area (Å²) in [5.74, 6) is 4.75. The number of benzene rings is 4. The molecule has 0 aliphatic heterocycles. The molecule has 172 valence electrons. The van der Waals surface area contributed by atoms with Gasteiger partial charge in [0.15, 0.2) is 0 Å². The van der Waals surface area contributed by atoms with E-state index in [0.717, 1.165) is 12.8 Å². The summed E-state index contributed by atoms with van der Waals surface area (Å²) in [4.78, 5) is 0. The van der Waals surface area contributed by atoms with E-state index in [4.69, 9.17) is 0 Å². The number of allylic oxidation sites excluding steroid dienone is 8. The number of hydrogen-bond donors (Lipinski definition) is 0. The fraction of sp³-hybridized carbons (Fsp3) is 0.125. The van der Waals surface area contributed by atoms with Crippen molar-refractivity contribution in [2.45, 2.75) is 24.4 Å². The summed E-state index contributed by atoms with van der Waals surface area (Å²) in [5, 5.41) is 5.18. The predicted molar refractivity (Wildman–Crippen MR) is 153 cm³/mol. The molecule has 0 bridgehead atoms. The van der Waals surface area contributed by atoms with Crippen molar-refractivity contribution in [1.82, 2.24) is 0 Å². The van der Waals surface area contributed by atoms with Crippen LogP contribution in [-0.2, 0) is 21.6 Å². The minimum absolute atomic E-state index is 0. The van der Waals surface area contributed by atoms with E-state index < -0.39 is 0 Å². The fourth-order valence-corrected chi connectivity index (χ4v) is 3.92. The van der Waals surface area contributed by atoms with Gasteiger partial charge in [-0.05, 0) is 21.5 Å². The zero-order valence-corrected chi connectivity index (χ0v) is 25.6. The summed E-state index contributed by atoms with van der Waals surface area (Å²) >= 11 is 1.80. The standard InChI is InChI=1S/2C15H11.C2H6Ge.ClH.Zr/c2*1-2-6-12(5-1)15-10-9-13-7-3-4-8-14(13)11-15;1-3-2;;/h2*1,3-5,7-11H,2H2;1-2H3;1H;/q2*-1;;;+2. The van der Waals surface area contributed by atoms with Crippen molar-refractivity contribution in [2.24, 2.45) is 0 Å². The van der Waals surface area contributed by atoms with Gasteiger partial charge in [-0.25, -0.2) is 0 Å². The Labute approximate surface area is 231 Å². The van der Waals surface area contributed by atoms with E-state index in [1.807, 2.05) is 0 Å². The molecular formula is C32H29ClGeZr. The molecule has 0 saturated heterocycles. The Morgan fingerprint density at radius 3 is 1.31 bits per heavy atom. The summed E-state index contributed by atoms with van der Waals surface area (Å²) < 4.78 is 0. The van der Waals surface area contributed by atoms with Crippen LogP contribution in [0.3, 0.4) is 0 Å². The second-order valence-electron chi connectivity index (χ2n) is 8.52. The molecule has 35 heavy (non-hydrogen) atoms. The van der Waals surface area contributed by atoms with Crippen LogP contribution < -0.4 is 0 Å². The van der Waals surface area contributed by atoms with Crippen molar-refractivity contribution in [1.29, 1.82) is 0 Å². The van der Waals surface area contributed by atoms with Gasteiger partial charge < -0.3 is 0 Å². The summed E-state index contributed by atoms with van der Waals surface area (Å²) in [6.07, 6.45) is 17.2. The van der Waals surface area contributed by atoms with Crippen molar-refractivity contribution >= 4 is 55.1 Å². The monoisotopic (exact) mass is 612 g/mol. The van der Waals surface area contributed by atoms with Crippen molar-refractivity contribution in [3.05, 3.63) is 133 Å². The quantitative estimate of drug-likeness (QED) is 0.156. The zero-order valence-electron chi connectivity index (χ0n) is 20.2. The number of rotatable bonds is 2. The van der Waals surface area contributed by atoms with E-state index in [-0.39, 0.29) is 22.4 Å². The van der Waals surface area contributed by atoms with Crippen LogP contribution >= 0.6 is 12.4 Å². The normalized spacial score (nSPS) is 13.3. The van der Waals surface area contributed by atoms with E-state index in [9.17, 15) is 0 Å². The fourth-order valence-electron chi connectivity index (χ4n) is 3.92. The third kappa shape index (κ3) is 8.04. The van der Waals surface area contributed by atoms with Gasteiger partial charge in [-0.2, -0.15) is 35.5 Å². The molecule has 0 fully saturated rings. The van der Waals surface area contributed by atoms with Gasteiger partial charge >= 0.3 is 43.1 Å². The molecule has 0 unspecified atom stereocenters. The van der Waals surface area contributed by atoms with Crippen LogP contribution in [0, 0.1) is 12.2 Å². The molecule has 0 amide bonds. The van der Waals surface area contributed by atoms with Crippen LogP contribution in [0.15, 0.2) is 109 Å². The molecule has 4 aromatic rings. The second kappa shape index (κ2) is 14.0. The molecule has 6 rings (SSSR count). The molecule has 2 aliphatic carbocycles. The van der Waals surface area contributed by atoms with Gasteiger partial charge in [0.2, 0.25) is 0 Å². The van der Waals surface area contributed by atoms with Crippen LogP contribution in [-0.4, -0.2) is 9.98 Å². The average Bonchev–Trinajstić information content (AvgIpc) is 3.58. The van der Waals surface area contributed by atoms with Crippen LogP contribution in [0.1, 0.15) is 24.0 Å². The molecule has 0 nitrogen and oxygen atoms in total. The Morgan fingerprint density at radius 2 is 0.971 bits per heavy atom. The zero-order chi connectivity index (χ0) is 23.8. The summed E-state index contributed by atoms with van der Waals surface area (Å²) in [6, 6.07) is 30.0. The average molecular weight is 613 g/mol. The summed E-state index contributed by atoms with van der Waals surface area (Å²) in [7, 11) is -0.243. The van der Waals surface area contributed by atoms with Crippen LogP contribution in [0.2, 0.25) is 11.5 Å². The van der Waals surface area contributed by atoms with Gasteiger partial charge in [0.05, 0.1) is 0 Å². The van der Waals surface area contributed by atoms with E-state index in [1.54, 1.807) is 21.6 Å². The van der Waals surface area contributed by atoms with Crippen LogP contribution in [0.4, 0.5) is 0 Å². The maximum absolute atomic E-state index is 3.34. The molecule has 0 atom stereocenters. The minimum atomic E-state index is -0.243. The molecular weight excluding hydrogens is 584 g/mol. The third-order valence-corrected chi connectivity index (χ3v) is 5.51. The van der Waals surface area contributed by atoms with Gasteiger partial charge in [0.1, 0.15) is 0 Å². The second-order valence-corrected chi connectivity index (χ2v) is 25.5. The molecule has 0 radical (unpaired) electrons. The van der Waals surface area contributed by atoms with E-state index >= 15 is 0 Å². The number of hydrogen-bond acceptors (Lipinski definition) is 0. The van der Waals surface area contributed by atoms with E-state index in [2.05, 4.69) is 133 Å². The van der Waals surface area contributed by atoms with Gasteiger partial charge in [-0.1, -0.05) is 73.5 Å². The molecule has 0 heterocycles. The van der Waals surface area contributed by atoms with Gasteiger partial charge in [-0.3, -0.25) is 0 Å². The first-order chi connectivity index (χ1) is 16.6. The van der Waals surface area contributed by atoms with Gasteiger partial charge in [0, 0.05) is 0 Å². The maximum atomic E-state index is 3.34. The molecule has 0 N–H and O–H groups in total. The summed E-state index contributed by atoms with van der Waals surface area (Å²) in [5.41, 5.74) is 4.98. The first-order valence-electron chi connectivity index (χ1n) is 11.6. The molecule has 4 aromatic carbocycles. The molecule has 2 aliphatic rings. The third-order valence-electron chi connectivity index (χ3n) is 5.51. The molecule has 3 heteroatoms. The van der Waals surface area contributed by atoms with Gasteiger partial charge in [0.25, 0.3) is 0 Å². The van der Waals surface area contributed by atoms with Gasteiger partial charge in [-0.15, -0.1) is 60.0 Å². The Morgan fingerprint density at radius 1 is 0.600 bits per heavy atom. The predicted octanol–water partition coefficient (Wildman–Crippen LogP) is 9.18. The molecule has 0 aromatic heterocycles.